The lowest BCUT2D eigenvalue weighted by molar-refractivity contribution is 0.0306. The monoisotopic (exact) mass is 255 g/mol. The molecule has 2 aliphatic heterocycles. The highest BCUT2D eigenvalue weighted by atomic mass is 16.5. The van der Waals surface area contributed by atoms with Gasteiger partial charge in [0.15, 0.2) is 0 Å². The Kier molecular flexibility index (Phi) is 2.38. The van der Waals surface area contributed by atoms with Crippen LogP contribution in [0.25, 0.3) is 10.9 Å². The Morgan fingerprint density at radius 2 is 1.89 bits per heavy atom. The van der Waals surface area contributed by atoms with Gasteiger partial charge in [-0.1, -0.05) is 18.2 Å². The molecule has 1 aromatic carbocycles. The van der Waals surface area contributed by atoms with Crippen LogP contribution in [0.2, 0.25) is 0 Å². The molecule has 4 heteroatoms. The first kappa shape index (κ1) is 11.1. The standard InChI is InChI=1S/C15H17N3O/c16-13-7-17-14-4-2-1-3-12(14)15(13)18-8-10-5-6-11(9-18)19-10/h1-4,7,10-11H,5-6,8-9,16H2. The number of benzene rings is 1. The minimum Gasteiger partial charge on any atom is -0.396 e. The fourth-order valence-electron chi connectivity index (χ4n) is 3.29. The van der Waals surface area contributed by atoms with Gasteiger partial charge in [0.1, 0.15) is 0 Å². The summed E-state index contributed by atoms with van der Waals surface area (Å²) in [4.78, 5) is 6.79. The molecule has 4 rings (SSSR count). The Morgan fingerprint density at radius 1 is 1.16 bits per heavy atom. The van der Waals surface area contributed by atoms with E-state index in [2.05, 4.69) is 16.0 Å². The molecule has 0 amide bonds. The second-order valence-electron chi connectivity index (χ2n) is 5.44. The molecule has 4 nitrogen and oxygen atoms in total. The molecule has 2 bridgehead atoms. The first-order chi connectivity index (χ1) is 9.31. The summed E-state index contributed by atoms with van der Waals surface area (Å²) in [5, 5.41) is 1.14. The van der Waals surface area contributed by atoms with Gasteiger partial charge in [0.05, 0.1) is 35.3 Å². The Labute approximate surface area is 112 Å². The van der Waals surface area contributed by atoms with Crippen LogP contribution >= 0.6 is 0 Å². The van der Waals surface area contributed by atoms with Crippen molar-refractivity contribution < 1.29 is 4.74 Å². The summed E-state index contributed by atoms with van der Waals surface area (Å²) < 4.78 is 5.90. The number of aromatic nitrogens is 1. The summed E-state index contributed by atoms with van der Waals surface area (Å²) in [5.74, 6) is 0. The molecule has 98 valence electrons. The van der Waals surface area contributed by atoms with E-state index in [0.717, 1.165) is 35.4 Å². The van der Waals surface area contributed by atoms with Gasteiger partial charge >= 0.3 is 0 Å². The highest BCUT2D eigenvalue weighted by Gasteiger charge is 2.34. The van der Waals surface area contributed by atoms with Gasteiger partial charge < -0.3 is 15.4 Å². The van der Waals surface area contributed by atoms with Gasteiger partial charge in [0.25, 0.3) is 0 Å². The molecule has 0 aliphatic carbocycles. The molecule has 19 heavy (non-hydrogen) atoms. The number of hydrogen-bond acceptors (Lipinski definition) is 4. The van der Waals surface area contributed by atoms with E-state index in [1.807, 2.05) is 18.2 Å². The number of rotatable bonds is 1. The van der Waals surface area contributed by atoms with Gasteiger partial charge in [-0.05, 0) is 18.9 Å². The topological polar surface area (TPSA) is 51.4 Å². The average molecular weight is 255 g/mol. The molecule has 2 N–H and O–H groups in total. The first-order valence-corrected chi connectivity index (χ1v) is 6.85. The van der Waals surface area contributed by atoms with E-state index < -0.39 is 0 Å². The van der Waals surface area contributed by atoms with Crippen LogP contribution in [0.5, 0.6) is 0 Å². The Balaban J connectivity index is 1.83. The number of para-hydroxylation sites is 1. The number of anilines is 2. The van der Waals surface area contributed by atoms with Crippen molar-refractivity contribution in [1.82, 2.24) is 4.98 Å². The predicted molar refractivity (Wildman–Crippen MR) is 76.3 cm³/mol. The lowest BCUT2D eigenvalue weighted by atomic mass is 10.1. The van der Waals surface area contributed by atoms with E-state index in [1.54, 1.807) is 6.20 Å². The lowest BCUT2D eigenvalue weighted by Crippen LogP contribution is -2.43. The lowest BCUT2D eigenvalue weighted by Gasteiger charge is -2.35. The van der Waals surface area contributed by atoms with Gasteiger partial charge in [-0.15, -0.1) is 0 Å². The number of hydrogen-bond donors (Lipinski definition) is 1. The second kappa shape index (κ2) is 4.10. The van der Waals surface area contributed by atoms with Crippen molar-refractivity contribution in [2.75, 3.05) is 23.7 Å². The van der Waals surface area contributed by atoms with Crippen molar-refractivity contribution in [3.8, 4) is 0 Å². The van der Waals surface area contributed by atoms with Crippen LogP contribution in [0.15, 0.2) is 30.5 Å². The molecule has 2 fully saturated rings. The molecule has 1 aromatic heterocycles. The quantitative estimate of drug-likeness (QED) is 0.848. The Hall–Kier alpha value is -1.81. The number of pyridine rings is 1. The first-order valence-electron chi connectivity index (χ1n) is 6.85. The molecule has 0 spiro atoms. The Bertz CT molecular complexity index is 616. The number of nitrogens with zero attached hydrogens (tertiary/aromatic N) is 2. The summed E-state index contributed by atoms with van der Waals surface area (Å²) in [6.07, 6.45) is 4.85. The van der Waals surface area contributed by atoms with E-state index in [4.69, 9.17) is 10.5 Å². The summed E-state index contributed by atoms with van der Waals surface area (Å²) in [6, 6.07) is 8.19. The second-order valence-corrected chi connectivity index (χ2v) is 5.44. The number of nitrogen functional groups attached to an aromatic ring is 1. The predicted octanol–water partition coefficient (Wildman–Crippen LogP) is 2.18. The van der Waals surface area contributed by atoms with Gasteiger partial charge in [0, 0.05) is 18.5 Å². The number of fused-ring (bicyclic) bond motifs is 3. The van der Waals surface area contributed by atoms with E-state index in [9.17, 15) is 0 Å². The summed E-state index contributed by atoms with van der Waals surface area (Å²) in [7, 11) is 0. The van der Waals surface area contributed by atoms with Gasteiger partial charge in [-0.2, -0.15) is 0 Å². The van der Waals surface area contributed by atoms with Crippen molar-refractivity contribution in [1.29, 1.82) is 0 Å². The molecule has 3 heterocycles. The number of nitrogens with two attached hydrogens (primary N) is 1. The summed E-state index contributed by atoms with van der Waals surface area (Å²) in [6.45, 7) is 1.88. The van der Waals surface area contributed by atoms with Crippen molar-refractivity contribution in [3.05, 3.63) is 30.5 Å². The zero-order valence-corrected chi connectivity index (χ0v) is 10.7. The molecule has 2 atom stereocenters. The van der Waals surface area contributed by atoms with Crippen molar-refractivity contribution >= 4 is 22.3 Å². The fraction of sp³-hybridized carbons (Fsp3) is 0.400. The number of morpholine rings is 1. The fourth-order valence-corrected chi connectivity index (χ4v) is 3.29. The normalized spacial score (nSPS) is 26.0. The van der Waals surface area contributed by atoms with Crippen LogP contribution in [0.3, 0.4) is 0 Å². The molecule has 0 saturated carbocycles. The van der Waals surface area contributed by atoms with E-state index in [-0.39, 0.29) is 0 Å². The van der Waals surface area contributed by atoms with Gasteiger partial charge in [-0.25, -0.2) is 0 Å². The maximum absolute atomic E-state index is 6.18. The molecular weight excluding hydrogens is 238 g/mol. The maximum Gasteiger partial charge on any atom is 0.0755 e. The van der Waals surface area contributed by atoms with Crippen molar-refractivity contribution in [3.63, 3.8) is 0 Å². The van der Waals surface area contributed by atoms with Crippen LogP contribution in [0, 0.1) is 0 Å². The maximum atomic E-state index is 6.18. The third-order valence-electron chi connectivity index (χ3n) is 4.14. The van der Waals surface area contributed by atoms with Crippen LogP contribution in [-0.2, 0) is 4.74 Å². The van der Waals surface area contributed by atoms with Gasteiger partial charge in [0.2, 0.25) is 0 Å². The van der Waals surface area contributed by atoms with E-state index >= 15 is 0 Å². The van der Waals surface area contributed by atoms with Crippen LogP contribution < -0.4 is 10.6 Å². The summed E-state index contributed by atoms with van der Waals surface area (Å²) >= 11 is 0. The van der Waals surface area contributed by atoms with E-state index in [1.165, 1.54) is 12.8 Å². The van der Waals surface area contributed by atoms with Crippen molar-refractivity contribution in [2.45, 2.75) is 25.0 Å². The highest BCUT2D eigenvalue weighted by Crippen LogP contribution is 2.36. The molecule has 2 unspecified atom stereocenters. The molecule has 2 aromatic rings. The minimum absolute atomic E-state index is 0.366. The SMILES string of the molecule is Nc1cnc2ccccc2c1N1CC2CCC(C1)O2. The highest BCUT2D eigenvalue weighted by molar-refractivity contribution is 5.97. The zero-order valence-electron chi connectivity index (χ0n) is 10.7. The van der Waals surface area contributed by atoms with Crippen LogP contribution in [-0.4, -0.2) is 30.3 Å². The third kappa shape index (κ3) is 1.75. The molecular formula is C15H17N3O. The Morgan fingerprint density at radius 3 is 2.68 bits per heavy atom. The molecule has 0 radical (unpaired) electrons. The largest absolute Gasteiger partial charge is 0.396 e. The minimum atomic E-state index is 0.366. The van der Waals surface area contributed by atoms with Crippen LogP contribution in [0.1, 0.15) is 12.8 Å². The molecule has 2 saturated heterocycles. The third-order valence-corrected chi connectivity index (χ3v) is 4.14. The number of ether oxygens (including phenoxy) is 1. The smallest absolute Gasteiger partial charge is 0.0755 e. The van der Waals surface area contributed by atoms with Gasteiger partial charge in [-0.3, -0.25) is 4.98 Å². The van der Waals surface area contributed by atoms with E-state index in [0.29, 0.717) is 12.2 Å². The van der Waals surface area contributed by atoms with Crippen molar-refractivity contribution in [2.24, 2.45) is 0 Å². The average Bonchev–Trinajstić information content (AvgIpc) is 2.77. The van der Waals surface area contributed by atoms with Crippen LogP contribution in [0.4, 0.5) is 11.4 Å². The summed E-state index contributed by atoms with van der Waals surface area (Å²) in [5.41, 5.74) is 9.08. The zero-order chi connectivity index (χ0) is 12.8. The molecule has 2 aliphatic rings.